The number of carbonyl (C=O) groups is 1. The Hall–Kier alpha value is -0.620. The first-order valence-corrected chi connectivity index (χ1v) is 7.11. The quantitative estimate of drug-likeness (QED) is 0.896. The zero-order valence-electron chi connectivity index (χ0n) is 11.6. The van der Waals surface area contributed by atoms with Gasteiger partial charge in [-0.25, -0.2) is 0 Å². The molecular weight excluding hydrogens is 344 g/mol. The number of nitrogens with zero attached hydrogens (tertiary/aromatic N) is 1. The summed E-state index contributed by atoms with van der Waals surface area (Å²) in [5.41, 5.74) is 6.08. The highest BCUT2D eigenvalue weighted by molar-refractivity contribution is 9.10. The molecule has 4 nitrogen and oxygen atoms in total. The molecule has 1 aliphatic heterocycles. The van der Waals surface area contributed by atoms with Crippen LogP contribution in [0.4, 0.5) is 0 Å². The molecule has 0 saturated carbocycles. The summed E-state index contributed by atoms with van der Waals surface area (Å²) in [6.07, 6.45) is 1.00. The lowest BCUT2D eigenvalue weighted by molar-refractivity contribution is -0.136. The molecule has 1 aromatic rings. The van der Waals surface area contributed by atoms with E-state index in [-0.39, 0.29) is 24.4 Å². The van der Waals surface area contributed by atoms with Crippen LogP contribution in [0.1, 0.15) is 18.9 Å². The number of rotatable bonds is 3. The van der Waals surface area contributed by atoms with Crippen LogP contribution in [0, 0.1) is 0 Å². The van der Waals surface area contributed by atoms with Gasteiger partial charge in [0.25, 0.3) is 0 Å². The molecule has 0 radical (unpaired) electrons. The van der Waals surface area contributed by atoms with Gasteiger partial charge in [0.05, 0.1) is 6.10 Å². The van der Waals surface area contributed by atoms with Gasteiger partial charge in [-0.05, 0) is 31.0 Å². The number of halogens is 2. The Morgan fingerprint density at radius 2 is 2.05 bits per heavy atom. The van der Waals surface area contributed by atoms with E-state index in [9.17, 15) is 4.79 Å². The van der Waals surface area contributed by atoms with Gasteiger partial charge < -0.3 is 15.4 Å². The average molecular weight is 364 g/mol. The van der Waals surface area contributed by atoms with Crippen molar-refractivity contribution in [2.45, 2.75) is 25.0 Å². The Morgan fingerprint density at radius 3 is 2.55 bits per heavy atom. The van der Waals surface area contributed by atoms with Crippen molar-refractivity contribution in [2.75, 3.05) is 20.2 Å². The average Bonchev–Trinajstić information content (AvgIpc) is 2.87. The first kappa shape index (κ1) is 17.4. The molecule has 0 bridgehead atoms. The fourth-order valence-corrected chi connectivity index (χ4v) is 2.62. The molecule has 6 heteroatoms. The molecule has 0 spiro atoms. The second-order valence-corrected chi connectivity index (χ2v) is 6.02. The predicted octanol–water partition coefficient (Wildman–Crippen LogP) is 2.29. The van der Waals surface area contributed by atoms with Gasteiger partial charge in [-0.2, -0.15) is 0 Å². The topological polar surface area (TPSA) is 55.6 Å². The number of likely N-dealkylation sites (tertiary alicyclic amines) is 1. The normalized spacial score (nSPS) is 21.2. The third kappa shape index (κ3) is 3.52. The number of benzene rings is 1. The van der Waals surface area contributed by atoms with E-state index in [1.54, 1.807) is 18.9 Å². The smallest absolute Gasteiger partial charge is 0.247 e. The Bertz CT molecular complexity index is 465. The van der Waals surface area contributed by atoms with Crippen LogP contribution in [0.15, 0.2) is 28.7 Å². The van der Waals surface area contributed by atoms with Crippen LogP contribution in [0.2, 0.25) is 0 Å². The second-order valence-electron chi connectivity index (χ2n) is 5.11. The first-order chi connectivity index (χ1) is 8.95. The molecule has 2 atom stereocenters. The van der Waals surface area contributed by atoms with E-state index in [0.29, 0.717) is 13.1 Å². The van der Waals surface area contributed by atoms with Crippen molar-refractivity contribution < 1.29 is 9.53 Å². The van der Waals surface area contributed by atoms with Crippen LogP contribution in [-0.4, -0.2) is 37.1 Å². The predicted molar refractivity (Wildman–Crippen MR) is 84.9 cm³/mol. The minimum atomic E-state index is -0.997. The molecule has 1 saturated heterocycles. The largest absolute Gasteiger partial charge is 0.380 e. The molecule has 1 aromatic carbocycles. The molecule has 1 amide bonds. The first-order valence-electron chi connectivity index (χ1n) is 6.32. The van der Waals surface area contributed by atoms with Crippen molar-refractivity contribution >= 4 is 34.2 Å². The summed E-state index contributed by atoms with van der Waals surface area (Å²) in [5, 5.41) is 0. The van der Waals surface area contributed by atoms with Crippen molar-refractivity contribution in [1.82, 2.24) is 4.90 Å². The highest BCUT2D eigenvalue weighted by Gasteiger charge is 2.37. The zero-order valence-corrected chi connectivity index (χ0v) is 14.0. The summed E-state index contributed by atoms with van der Waals surface area (Å²) in [5.74, 6) is -0.0469. The summed E-state index contributed by atoms with van der Waals surface area (Å²) in [6.45, 7) is 3.10. The van der Waals surface area contributed by atoms with Gasteiger partial charge in [0, 0.05) is 24.7 Å². The van der Waals surface area contributed by atoms with Gasteiger partial charge in [-0.3, -0.25) is 4.79 Å². The van der Waals surface area contributed by atoms with Gasteiger partial charge in [0.1, 0.15) is 5.54 Å². The lowest BCUT2D eigenvalue weighted by Crippen LogP contribution is -2.50. The van der Waals surface area contributed by atoms with Crippen molar-refractivity contribution in [2.24, 2.45) is 5.73 Å². The molecule has 20 heavy (non-hydrogen) atoms. The number of hydrogen-bond donors (Lipinski definition) is 1. The van der Waals surface area contributed by atoms with Crippen LogP contribution >= 0.6 is 28.3 Å². The summed E-state index contributed by atoms with van der Waals surface area (Å²) >= 11 is 3.38. The van der Waals surface area contributed by atoms with E-state index in [4.69, 9.17) is 10.5 Å². The van der Waals surface area contributed by atoms with Crippen LogP contribution < -0.4 is 5.73 Å². The van der Waals surface area contributed by atoms with Gasteiger partial charge in [-0.1, -0.05) is 28.1 Å². The monoisotopic (exact) mass is 362 g/mol. The van der Waals surface area contributed by atoms with Crippen LogP contribution in [0.25, 0.3) is 0 Å². The maximum atomic E-state index is 12.5. The molecule has 2 N–H and O–H groups in total. The molecule has 2 rings (SSSR count). The highest BCUT2D eigenvalue weighted by Crippen LogP contribution is 2.25. The SMILES string of the molecule is CO[C@H]1CCN(C(=O)C(C)(N)c2ccc(Br)cc2)C1.Cl. The third-order valence-corrected chi connectivity index (χ3v) is 4.18. The number of ether oxygens (including phenoxy) is 1. The lowest BCUT2D eigenvalue weighted by atomic mass is 9.92. The molecule has 0 aromatic heterocycles. The van der Waals surface area contributed by atoms with Gasteiger partial charge in [-0.15, -0.1) is 12.4 Å². The molecule has 112 valence electrons. The van der Waals surface area contributed by atoms with Crippen molar-refractivity contribution in [1.29, 1.82) is 0 Å². The van der Waals surface area contributed by atoms with E-state index in [1.165, 1.54) is 0 Å². The Labute approximate surface area is 134 Å². The maximum Gasteiger partial charge on any atom is 0.247 e. The van der Waals surface area contributed by atoms with Crippen molar-refractivity contribution in [3.63, 3.8) is 0 Å². The molecular formula is C14H20BrClN2O2. The Kier molecular flexibility index (Phi) is 6.01. The van der Waals surface area contributed by atoms with Crippen molar-refractivity contribution in [3.8, 4) is 0 Å². The zero-order chi connectivity index (χ0) is 14.0. The van der Waals surface area contributed by atoms with E-state index >= 15 is 0 Å². The van der Waals surface area contributed by atoms with Gasteiger partial charge >= 0.3 is 0 Å². The number of carbonyl (C=O) groups excluding carboxylic acids is 1. The third-order valence-electron chi connectivity index (χ3n) is 3.65. The fraction of sp³-hybridized carbons (Fsp3) is 0.500. The second kappa shape index (κ2) is 6.89. The lowest BCUT2D eigenvalue weighted by Gasteiger charge is -2.29. The van der Waals surface area contributed by atoms with E-state index in [2.05, 4.69) is 15.9 Å². The molecule has 1 heterocycles. The molecule has 1 fully saturated rings. The van der Waals surface area contributed by atoms with Gasteiger partial charge in [0.2, 0.25) is 5.91 Å². The van der Waals surface area contributed by atoms with E-state index in [0.717, 1.165) is 16.5 Å². The molecule has 0 aliphatic carbocycles. The van der Waals surface area contributed by atoms with Crippen molar-refractivity contribution in [3.05, 3.63) is 34.3 Å². The minimum Gasteiger partial charge on any atom is -0.380 e. The Balaban J connectivity index is 0.00000200. The summed E-state index contributed by atoms with van der Waals surface area (Å²) < 4.78 is 6.26. The summed E-state index contributed by atoms with van der Waals surface area (Å²) in [4.78, 5) is 14.3. The standard InChI is InChI=1S/C14H19BrN2O2.ClH/c1-14(16,10-3-5-11(15)6-4-10)13(18)17-8-7-12(9-17)19-2;/h3-6,12H,7-9,16H2,1-2H3;1H/t12-,14?;/m0./s1. The molecule has 1 aliphatic rings. The number of nitrogens with two attached hydrogens (primary N) is 1. The van der Waals surface area contributed by atoms with E-state index in [1.807, 2.05) is 24.3 Å². The summed E-state index contributed by atoms with van der Waals surface area (Å²) in [7, 11) is 1.68. The maximum absolute atomic E-state index is 12.5. The minimum absolute atomic E-state index is 0. The van der Waals surface area contributed by atoms with Gasteiger partial charge in [0.15, 0.2) is 0 Å². The number of hydrogen-bond acceptors (Lipinski definition) is 3. The highest BCUT2D eigenvalue weighted by atomic mass is 79.9. The number of amides is 1. The van der Waals surface area contributed by atoms with Crippen LogP contribution in [0.3, 0.4) is 0 Å². The van der Waals surface area contributed by atoms with Crippen LogP contribution in [-0.2, 0) is 15.1 Å². The Morgan fingerprint density at radius 1 is 1.45 bits per heavy atom. The summed E-state index contributed by atoms with van der Waals surface area (Å²) in [6, 6.07) is 7.56. The number of methoxy groups -OCH3 is 1. The fourth-order valence-electron chi connectivity index (χ4n) is 2.35. The molecule has 1 unspecified atom stereocenters. The van der Waals surface area contributed by atoms with E-state index < -0.39 is 5.54 Å². The van der Waals surface area contributed by atoms with Crippen LogP contribution in [0.5, 0.6) is 0 Å².